The number of hydrogen-bond acceptors (Lipinski definition) is 3. The zero-order chi connectivity index (χ0) is 11.4. The summed E-state index contributed by atoms with van der Waals surface area (Å²) >= 11 is 0. The second kappa shape index (κ2) is 12.9. The summed E-state index contributed by atoms with van der Waals surface area (Å²) in [5, 5.41) is 8.06. The van der Waals surface area contributed by atoms with Crippen molar-refractivity contribution >= 4 is 0 Å². The lowest BCUT2D eigenvalue weighted by Crippen LogP contribution is -2.11. The quantitative estimate of drug-likeness (QED) is 0.753. The van der Waals surface area contributed by atoms with E-state index in [0.717, 1.165) is 13.2 Å². The Morgan fingerprint density at radius 1 is 1.43 bits per heavy atom. The standard InChI is InChI=1S/C6H12O2.C3H8O.C2H6/c1-7-5-6-3-2-4-8-6;1-3(2)4;1-2/h6H,2-5H2,1H3;3-4H,1-2H3;1-2H3. The Labute approximate surface area is 88.4 Å². The number of methoxy groups -OCH3 is 1. The van der Waals surface area contributed by atoms with Gasteiger partial charge in [0.25, 0.3) is 0 Å². The van der Waals surface area contributed by atoms with Crippen molar-refractivity contribution in [3.05, 3.63) is 0 Å². The fourth-order valence-corrected chi connectivity index (χ4v) is 0.962. The molecule has 0 bridgehead atoms. The van der Waals surface area contributed by atoms with E-state index in [9.17, 15) is 0 Å². The van der Waals surface area contributed by atoms with Crippen LogP contribution in [0.3, 0.4) is 0 Å². The third-order valence-corrected chi connectivity index (χ3v) is 1.38. The largest absolute Gasteiger partial charge is 0.394 e. The Kier molecular flexibility index (Phi) is 15.0. The molecule has 3 heteroatoms. The molecule has 1 aliphatic heterocycles. The lowest BCUT2D eigenvalue weighted by Gasteiger charge is -2.05. The van der Waals surface area contributed by atoms with Crippen molar-refractivity contribution in [1.29, 1.82) is 0 Å². The average Bonchev–Trinajstić information content (AvgIpc) is 2.60. The molecule has 1 heterocycles. The molecule has 0 saturated carbocycles. The predicted octanol–water partition coefficient (Wildman–Crippen LogP) is 2.23. The van der Waals surface area contributed by atoms with E-state index in [1.165, 1.54) is 12.8 Å². The highest BCUT2D eigenvalue weighted by Gasteiger charge is 2.13. The van der Waals surface area contributed by atoms with Crippen molar-refractivity contribution in [3.8, 4) is 0 Å². The second-order valence-corrected chi connectivity index (χ2v) is 3.18. The van der Waals surface area contributed by atoms with Gasteiger partial charge in [0.15, 0.2) is 0 Å². The highest BCUT2D eigenvalue weighted by atomic mass is 16.5. The predicted molar refractivity (Wildman–Crippen MR) is 59.6 cm³/mol. The van der Waals surface area contributed by atoms with Gasteiger partial charge in [-0.1, -0.05) is 13.8 Å². The van der Waals surface area contributed by atoms with Gasteiger partial charge in [0.05, 0.1) is 12.7 Å². The zero-order valence-corrected chi connectivity index (χ0v) is 10.2. The molecule has 0 aromatic rings. The van der Waals surface area contributed by atoms with Gasteiger partial charge in [0, 0.05) is 19.8 Å². The van der Waals surface area contributed by atoms with Gasteiger partial charge in [-0.25, -0.2) is 0 Å². The van der Waals surface area contributed by atoms with Crippen LogP contribution in [0.5, 0.6) is 0 Å². The van der Waals surface area contributed by atoms with Crippen molar-refractivity contribution in [1.82, 2.24) is 0 Å². The van der Waals surface area contributed by atoms with Crippen LogP contribution < -0.4 is 0 Å². The first-order valence-corrected chi connectivity index (χ1v) is 5.45. The van der Waals surface area contributed by atoms with E-state index in [2.05, 4.69) is 0 Å². The van der Waals surface area contributed by atoms with Crippen LogP contribution in [-0.4, -0.2) is 37.6 Å². The van der Waals surface area contributed by atoms with Crippen molar-refractivity contribution in [3.63, 3.8) is 0 Å². The van der Waals surface area contributed by atoms with E-state index < -0.39 is 0 Å². The number of aliphatic hydroxyl groups excluding tert-OH is 1. The minimum atomic E-state index is -0.167. The Balaban J connectivity index is 0. The molecule has 0 radical (unpaired) electrons. The molecule has 0 spiro atoms. The van der Waals surface area contributed by atoms with Crippen LogP contribution in [0.2, 0.25) is 0 Å². The molecule has 0 aliphatic carbocycles. The molecule has 1 unspecified atom stereocenters. The molecule has 0 amide bonds. The number of rotatable bonds is 2. The fraction of sp³-hybridized carbons (Fsp3) is 1.00. The molecule has 1 aliphatic rings. The average molecular weight is 206 g/mol. The van der Waals surface area contributed by atoms with E-state index in [-0.39, 0.29) is 6.10 Å². The molecule has 1 saturated heterocycles. The summed E-state index contributed by atoms with van der Waals surface area (Å²) in [5.41, 5.74) is 0. The summed E-state index contributed by atoms with van der Waals surface area (Å²) in [4.78, 5) is 0. The van der Waals surface area contributed by atoms with Crippen molar-refractivity contribution in [2.24, 2.45) is 0 Å². The summed E-state index contributed by atoms with van der Waals surface area (Å²) in [7, 11) is 1.71. The smallest absolute Gasteiger partial charge is 0.0809 e. The van der Waals surface area contributed by atoms with Crippen molar-refractivity contribution < 1.29 is 14.6 Å². The molecule has 1 fully saturated rings. The lowest BCUT2D eigenvalue weighted by atomic mass is 10.2. The van der Waals surface area contributed by atoms with Crippen molar-refractivity contribution in [2.45, 2.75) is 52.7 Å². The summed E-state index contributed by atoms with van der Waals surface area (Å²) in [6.07, 6.45) is 2.60. The van der Waals surface area contributed by atoms with Gasteiger partial charge in [-0.3, -0.25) is 0 Å². The monoisotopic (exact) mass is 206 g/mol. The summed E-state index contributed by atoms with van der Waals surface area (Å²) in [5.74, 6) is 0. The Morgan fingerprint density at radius 2 is 1.93 bits per heavy atom. The molecule has 1 atom stereocenters. The zero-order valence-electron chi connectivity index (χ0n) is 10.2. The summed E-state index contributed by atoms with van der Waals surface area (Å²) in [6.45, 7) is 9.13. The maximum Gasteiger partial charge on any atom is 0.0809 e. The second-order valence-electron chi connectivity index (χ2n) is 3.18. The van der Waals surface area contributed by atoms with E-state index in [4.69, 9.17) is 14.6 Å². The van der Waals surface area contributed by atoms with Gasteiger partial charge in [-0.2, -0.15) is 0 Å². The Bertz CT molecular complexity index is 85.8. The van der Waals surface area contributed by atoms with E-state index in [1.807, 2.05) is 13.8 Å². The highest BCUT2D eigenvalue weighted by molar-refractivity contribution is 4.62. The van der Waals surface area contributed by atoms with Crippen LogP contribution >= 0.6 is 0 Å². The first-order chi connectivity index (χ1) is 6.66. The van der Waals surface area contributed by atoms with Crippen LogP contribution in [0.1, 0.15) is 40.5 Å². The third kappa shape index (κ3) is 14.4. The topological polar surface area (TPSA) is 38.7 Å². The minimum Gasteiger partial charge on any atom is -0.394 e. The van der Waals surface area contributed by atoms with Crippen LogP contribution in [-0.2, 0) is 9.47 Å². The van der Waals surface area contributed by atoms with Gasteiger partial charge in [-0.05, 0) is 26.7 Å². The van der Waals surface area contributed by atoms with Crippen LogP contribution in [0.15, 0.2) is 0 Å². The van der Waals surface area contributed by atoms with Crippen LogP contribution in [0.4, 0.5) is 0 Å². The maximum absolute atomic E-state index is 8.06. The number of ether oxygens (including phenoxy) is 2. The third-order valence-electron chi connectivity index (χ3n) is 1.38. The SMILES string of the molecule is CC.CC(C)O.COCC1CCCO1. The highest BCUT2D eigenvalue weighted by Crippen LogP contribution is 2.10. The van der Waals surface area contributed by atoms with Gasteiger partial charge in [0.2, 0.25) is 0 Å². The molecule has 0 aromatic carbocycles. The molecule has 1 rings (SSSR count). The number of hydrogen-bond donors (Lipinski definition) is 1. The minimum absolute atomic E-state index is 0.167. The number of aliphatic hydroxyl groups is 1. The molecule has 14 heavy (non-hydrogen) atoms. The maximum atomic E-state index is 8.06. The summed E-state index contributed by atoms with van der Waals surface area (Å²) in [6, 6.07) is 0. The van der Waals surface area contributed by atoms with E-state index in [0.29, 0.717) is 6.10 Å². The first kappa shape index (κ1) is 16.3. The van der Waals surface area contributed by atoms with Gasteiger partial charge in [-0.15, -0.1) is 0 Å². The van der Waals surface area contributed by atoms with E-state index >= 15 is 0 Å². The molecular weight excluding hydrogens is 180 g/mol. The van der Waals surface area contributed by atoms with Crippen LogP contribution in [0, 0.1) is 0 Å². The Morgan fingerprint density at radius 3 is 2.21 bits per heavy atom. The summed E-state index contributed by atoms with van der Waals surface area (Å²) < 4.78 is 10.2. The van der Waals surface area contributed by atoms with Gasteiger partial charge in [0.1, 0.15) is 0 Å². The normalized spacial score (nSPS) is 19.5. The molecule has 1 N–H and O–H groups in total. The molecular formula is C11H26O3. The van der Waals surface area contributed by atoms with Crippen molar-refractivity contribution in [2.75, 3.05) is 20.3 Å². The molecule has 88 valence electrons. The Hall–Kier alpha value is -0.120. The fourth-order valence-electron chi connectivity index (χ4n) is 0.962. The van der Waals surface area contributed by atoms with Crippen LogP contribution in [0.25, 0.3) is 0 Å². The molecule has 3 nitrogen and oxygen atoms in total. The van der Waals surface area contributed by atoms with E-state index in [1.54, 1.807) is 21.0 Å². The first-order valence-electron chi connectivity index (χ1n) is 5.45. The van der Waals surface area contributed by atoms with Gasteiger partial charge >= 0.3 is 0 Å². The molecule has 0 aromatic heterocycles. The lowest BCUT2D eigenvalue weighted by molar-refractivity contribution is 0.0380. The van der Waals surface area contributed by atoms with Gasteiger partial charge < -0.3 is 14.6 Å².